The van der Waals surface area contributed by atoms with Crippen LogP contribution in [0.15, 0.2) is 17.1 Å². The molecule has 7 heteroatoms. The zero-order chi connectivity index (χ0) is 14.0. The van der Waals surface area contributed by atoms with Crippen molar-refractivity contribution in [1.29, 1.82) is 1.43 Å². The standard InChI is InChI=1S/C11H17N3O4/c1-6-7(2)10(18-8(6)5-15)14-4-3-9(13-17)12-11(14)16/h3-4,6-8,10,15,17H,5H2,1-2H3,(H,12,13,16)/t6?,7-,8+,10+/m0/s1/i15D. The van der Waals surface area contributed by atoms with Crippen LogP contribution in [-0.4, -0.2) is 34.0 Å². The summed E-state index contributed by atoms with van der Waals surface area (Å²) in [6, 6.07) is 1.48. The van der Waals surface area contributed by atoms with E-state index < -0.39 is 11.9 Å². The number of aliphatic hydroxyl groups is 1. The fourth-order valence-corrected chi connectivity index (χ4v) is 2.20. The summed E-state index contributed by atoms with van der Waals surface area (Å²) in [5.74, 6) is 0.344. The Hall–Kier alpha value is -1.44. The van der Waals surface area contributed by atoms with Crippen molar-refractivity contribution in [3.63, 3.8) is 0 Å². The Kier molecular flexibility index (Phi) is 3.26. The van der Waals surface area contributed by atoms with E-state index in [2.05, 4.69) is 10.1 Å². The first-order valence-corrected chi connectivity index (χ1v) is 5.81. The van der Waals surface area contributed by atoms with Gasteiger partial charge in [-0.05, 0) is 12.0 Å². The molecule has 3 N–H and O–H groups in total. The second-order valence-corrected chi connectivity index (χ2v) is 4.56. The second kappa shape index (κ2) is 5.05. The molecule has 2 heterocycles. The summed E-state index contributed by atoms with van der Waals surface area (Å²) in [6.45, 7) is 4.14. The molecule has 1 aromatic rings. The second-order valence-electron chi connectivity index (χ2n) is 4.56. The van der Waals surface area contributed by atoms with Crippen LogP contribution in [0.25, 0.3) is 0 Å². The minimum Gasteiger partial charge on any atom is -0.394 e. The van der Waals surface area contributed by atoms with Gasteiger partial charge in [-0.1, -0.05) is 13.8 Å². The largest absolute Gasteiger partial charge is 0.394 e. The number of hydrogen-bond donors (Lipinski definition) is 3. The van der Waals surface area contributed by atoms with Crippen molar-refractivity contribution in [1.82, 2.24) is 9.55 Å². The molecule has 0 bridgehead atoms. The van der Waals surface area contributed by atoms with Gasteiger partial charge >= 0.3 is 5.69 Å². The van der Waals surface area contributed by atoms with E-state index >= 15 is 0 Å². The van der Waals surface area contributed by atoms with Gasteiger partial charge in [0.2, 0.25) is 1.43 Å². The first kappa shape index (κ1) is 11.6. The Balaban J connectivity index is 2.25. The molecule has 1 unspecified atom stereocenters. The number of nitrogens with zero attached hydrogens (tertiary/aromatic N) is 2. The molecule has 0 radical (unpaired) electrons. The van der Waals surface area contributed by atoms with E-state index in [0.717, 1.165) is 0 Å². The van der Waals surface area contributed by atoms with Gasteiger partial charge in [0, 0.05) is 12.1 Å². The Morgan fingerprint density at radius 3 is 3.00 bits per heavy atom. The van der Waals surface area contributed by atoms with Crippen LogP contribution in [0.2, 0.25) is 0 Å². The molecular weight excluding hydrogens is 238 g/mol. The van der Waals surface area contributed by atoms with E-state index in [-0.39, 0.29) is 30.4 Å². The Morgan fingerprint density at radius 1 is 1.61 bits per heavy atom. The Morgan fingerprint density at radius 2 is 2.39 bits per heavy atom. The van der Waals surface area contributed by atoms with Crippen LogP contribution in [-0.2, 0) is 4.74 Å². The summed E-state index contributed by atoms with van der Waals surface area (Å²) in [6.07, 6.45) is 0.856. The van der Waals surface area contributed by atoms with Crippen LogP contribution in [0.3, 0.4) is 0 Å². The average molecular weight is 256 g/mol. The summed E-state index contributed by atoms with van der Waals surface area (Å²) in [4.78, 5) is 15.5. The van der Waals surface area contributed by atoms with Crippen molar-refractivity contribution >= 4 is 5.82 Å². The van der Waals surface area contributed by atoms with Gasteiger partial charge in [0.05, 0.1) is 12.7 Å². The number of aliphatic hydroxyl groups excluding tert-OH is 1. The molecule has 1 aromatic heterocycles. The summed E-state index contributed by atoms with van der Waals surface area (Å²) in [5.41, 5.74) is 1.32. The Bertz CT molecular complexity index is 495. The van der Waals surface area contributed by atoms with Crippen molar-refractivity contribution in [3.8, 4) is 0 Å². The highest BCUT2D eigenvalue weighted by atomic mass is 16.5. The minimum atomic E-state index is -0.504. The zero-order valence-corrected chi connectivity index (χ0v) is 10.2. The number of aromatic nitrogens is 2. The normalized spacial score (nSPS) is 32.3. The maximum absolute atomic E-state index is 11.9. The van der Waals surface area contributed by atoms with Gasteiger partial charge < -0.3 is 9.85 Å². The van der Waals surface area contributed by atoms with E-state index in [4.69, 9.17) is 11.4 Å². The van der Waals surface area contributed by atoms with E-state index in [1.54, 1.807) is 0 Å². The maximum Gasteiger partial charge on any atom is 0.351 e. The van der Waals surface area contributed by atoms with Crippen LogP contribution in [0.1, 0.15) is 20.1 Å². The third-order valence-electron chi connectivity index (χ3n) is 3.56. The predicted molar refractivity (Wildman–Crippen MR) is 63.2 cm³/mol. The number of ether oxygens (including phenoxy) is 1. The molecule has 0 aliphatic carbocycles. The fraction of sp³-hybridized carbons (Fsp3) is 0.636. The van der Waals surface area contributed by atoms with Gasteiger partial charge in [-0.3, -0.25) is 15.3 Å². The summed E-state index contributed by atoms with van der Waals surface area (Å²) < 4.78 is 13.9. The van der Waals surface area contributed by atoms with Gasteiger partial charge in [0.1, 0.15) is 6.23 Å². The highest BCUT2D eigenvalue weighted by molar-refractivity contribution is 5.28. The van der Waals surface area contributed by atoms with Crippen LogP contribution in [0, 0.1) is 11.8 Å². The zero-order valence-electron chi connectivity index (χ0n) is 11.2. The van der Waals surface area contributed by atoms with E-state index in [9.17, 15) is 4.79 Å². The maximum atomic E-state index is 11.9. The topological polar surface area (TPSA) is 96.6 Å². The van der Waals surface area contributed by atoms with Gasteiger partial charge in [0.25, 0.3) is 0 Å². The van der Waals surface area contributed by atoms with Crippen molar-refractivity contribution < 1.29 is 15.1 Å². The number of rotatable bonds is 4. The van der Waals surface area contributed by atoms with E-state index in [0.29, 0.717) is 0 Å². The first-order chi connectivity index (χ1) is 9.08. The number of anilines is 1. The van der Waals surface area contributed by atoms with Crippen LogP contribution in [0.4, 0.5) is 5.82 Å². The molecule has 0 saturated carbocycles. The molecule has 1 aliphatic rings. The van der Waals surface area contributed by atoms with E-state index in [1.165, 1.54) is 16.8 Å². The quantitative estimate of drug-likeness (QED) is 0.666. The van der Waals surface area contributed by atoms with Crippen LogP contribution >= 0.6 is 0 Å². The molecule has 7 nitrogen and oxygen atoms in total. The monoisotopic (exact) mass is 256 g/mol. The summed E-state index contributed by atoms with van der Waals surface area (Å²) in [5, 5.41) is 13.1. The van der Waals surface area contributed by atoms with Crippen molar-refractivity contribution in [3.05, 3.63) is 22.7 Å². The molecular formula is C11H17N3O4. The molecule has 1 saturated heterocycles. The molecule has 4 atom stereocenters. The van der Waals surface area contributed by atoms with Gasteiger partial charge in [0.15, 0.2) is 5.82 Å². The Labute approximate surface area is 105 Å². The van der Waals surface area contributed by atoms with E-state index in [1.807, 2.05) is 19.3 Å². The lowest BCUT2D eigenvalue weighted by atomic mass is 9.93. The molecule has 0 spiro atoms. The first-order valence-electron chi connectivity index (χ1n) is 6.22. The molecule has 2 rings (SSSR count). The molecule has 100 valence electrons. The van der Waals surface area contributed by atoms with Crippen LogP contribution in [0.5, 0.6) is 0 Å². The highest BCUT2D eigenvalue weighted by Gasteiger charge is 2.40. The number of nitrogens with one attached hydrogen (secondary N) is 1. The molecule has 1 fully saturated rings. The molecule has 0 amide bonds. The summed E-state index contributed by atoms with van der Waals surface area (Å²) >= 11 is 0. The fourth-order valence-electron chi connectivity index (χ4n) is 2.20. The minimum absolute atomic E-state index is 0.0889. The third kappa shape index (κ3) is 2.12. The molecule has 18 heavy (non-hydrogen) atoms. The van der Waals surface area contributed by atoms with Gasteiger partial charge in [-0.25, -0.2) is 4.79 Å². The van der Waals surface area contributed by atoms with Crippen LogP contribution < -0.4 is 11.2 Å². The lowest BCUT2D eigenvalue weighted by Gasteiger charge is -2.18. The van der Waals surface area contributed by atoms with Crippen molar-refractivity contribution in [2.45, 2.75) is 26.2 Å². The smallest absolute Gasteiger partial charge is 0.351 e. The lowest BCUT2D eigenvalue weighted by molar-refractivity contribution is -0.0375. The average Bonchev–Trinajstić information content (AvgIpc) is 2.67. The highest BCUT2D eigenvalue weighted by Crippen LogP contribution is 2.37. The SMILES string of the molecule is [2H]OC[C@H]1O[C@@H](n2ccc(NO)nc2=O)[C@@H](C)C1C. The third-order valence-corrected chi connectivity index (χ3v) is 3.56. The van der Waals surface area contributed by atoms with Gasteiger partial charge in [-0.2, -0.15) is 4.98 Å². The molecule has 0 aromatic carbocycles. The lowest BCUT2D eigenvalue weighted by Crippen LogP contribution is -2.29. The van der Waals surface area contributed by atoms with Gasteiger partial charge in [-0.15, -0.1) is 0 Å². The number of hydrogen-bond acceptors (Lipinski definition) is 6. The summed E-state index contributed by atoms with van der Waals surface area (Å²) in [7, 11) is 0. The van der Waals surface area contributed by atoms with Crippen molar-refractivity contribution in [2.75, 3.05) is 12.1 Å². The predicted octanol–water partition coefficient (Wildman–Crippen LogP) is 0.206. The molecule has 1 aliphatic heterocycles. The van der Waals surface area contributed by atoms with Crippen molar-refractivity contribution in [2.24, 2.45) is 11.8 Å².